The Bertz CT molecular complexity index is 727. The van der Waals surface area contributed by atoms with Crippen molar-refractivity contribution in [3.05, 3.63) is 45.5 Å². The van der Waals surface area contributed by atoms with Gasteiger partial charge in [-0.25, -0.2) is 0 Å². The Labute approximate surface area is 150 Å². The molecule has 5 nitrogen and oxygen atoms in total. The van der Waals surface area contributed by atoms with Gasteiger partial charge < -0.3 is 10.1 Å². The fourth-order valence-electron chi connectivity index (χ4n) is 2.42. The lowest BCUT2D eigenvalue weighted by atomic mass is 9.87. The monoisotopic (exact) mass is 364 g/mol. The number of rotatable bonds is 5. The highest BCUT2D eigenvalue weighted by Gasteiger charge is 2.32. The molecule has 2 atom stereocenters. The van der Waals surface area contributed by atoms with Gasteiger partial charge in [-0.05, 0) is 25.5 Å². The third-order valence-electron chi connectivity index (χ3n) is 3.55. The molecule has 0 spiro atoms. The normalized spacial score (nSPS) is 18.6. The third-order valence-corrected chi connectivity index (χ3v) is 5.00. The molecule has 0 saturated heterocycles. The van der Waals surface area contributed by atoms with E-state index in [1.54, 1.807) is 32.0 Å². The molecule has 2 rings (SSSR count). The average Bonchev–Trinajstić information content (AvgIpc) is 2.55. The van der Waals surface area contributed by atoms with Gasteiger partial charge in [0, 0.05) is 17.4 Å². The van der Waals surface area contributed by atoms with Crippen molar-refractivity contribution in [2.45, 2.75) is 31.4 Å². The maximum absolute atomic E-state index is 12.1. The van der Waals surface area contributed by atoms with E-state index in [9.17, 15) is 14.9 Å². The van der Waals surface area contributed by atoms with Gasteiger partial charge in [0.05, 0.1) is 23.3 Å². The van der Waals surface area contributed by atoms with Gasteiger partial charge in [-0.1, -0.05) is 41.6 Å². The number of nitrogens with one attached hydrogen (secondary N) is 1. The topological polar surface area (TPSA) is 79.2 Å². The van der Waals surface area contributed by atoms with Crippen LogP contribution in [0.5, 0.6) is 0 Å². The number of benzene rings is 1. The Kier molecular flexibility index (Phi) is 6.29. The summed E-state index contributed by atoms with van der Waals surface area (Å²) in [6, 6.07) is 9.31. The van der Waals surface area contributed by atoms with Crippen LogP contribution in [-0.2, 0) is 14.3 Å². The van der Waals surface area contributed by atoms with E-state index in [0.717, 1.165) is 17.3 Å². The summed E-state index contributed by atoms with van der Waals surface area (Å²) in [5.41, 5.74) is 1.14. The summed E-state index contributed by atoms with van der Waals surface area (Å²) in [5.74, 6) is -1.02. The van der Waals surface area contributed by atoms with Crippen molar-refractivity contribution in [3.63, 3.8) is 0 Å². The van der Waals surface area contributed by atoms with Crippen LogP contribution in [0.1, 0.15) is 31.7 Å². The predicted octanol–water partition coefficient (Wildman–Crippen LogP) is 3.36. The highest BCUT2D eigenvalue weighted by molar-refractivity contribution is 8.04. The van der Waals surface area contributed by atoms with Crippen LogP contribution in [0.25, 0.3) is 0 Å². The minimum Gasteiger partial charge on any atom is -0.465 e. The van der Waals surface area contributed by atoms with Crippen LogP contribution in [0.3, 0.4) is 0 Å². The molecule has 1 heterocycles. The Hall–Kier alpha value is -1.97. The maximum atomic E-state index is 12.1. The molecule has 0 saturated carbocycles. The number of allylic oxidation sites excluding steroid dienone is 1. The number of nitriles is 1. The van der Waals surface area contributed by atoms with E-state index in [1.165, 1.54) is 0 Å². The van der Waals surface area contributed by atoms with Crippen LogP contribution in [0.2, 0.25) is 5.02 Å². The Morgan fingerprint density at radius 1 is 1.54 bits per heavy atom. The standard InChI is InChI=1S/C17H17ClN2O3S/c1-3-23-17(22)10(2)24-16-13(9-19)12(8-15(21)20-16)11-6-4-5-7-14(11)18/h4-7,10,12H,3,8H2,1-2H3,(H,20,21)/t10-,12-/m0/s1. The first-order chi connectivity index (χ1) is 11.5. The minimum atomic E-state index is -0.534. The van der Waals surface area contributed by atoms with E-state index in [4.69, 9.17) is 16.3 Å². The Morgan fingerprint density at radius 2 is 2.25 bits per heavy atom. The van der Waals surface area contributed by atoms with Crippen LogP contribution in [0, 0.1) is 11.3 Å². The van der Waals surface area contributed by atoms with E-state index < -0.39 is 11.2 Å². The number of carbonyl (C=O) groups is 2. The molecule has 24 heavy (non-hydrogen) atoms. The number of esters is 1. The fourth-order valence-corrected chi connectivity index (χ4v) is 3.69. The molecule has 1 aromatic carbocycles. The van der Waals surface area contributed by atoms with E-state index in [2.05, 4.69) is 11.4 Å². The summed E-state index contributed by atoms with van der Waals surface area (Å²) in [6.45, 7) is 3.68. The second-order valence-electron chi connectivity index (χ2n) is 5.19. The van der Waals surface area contributed by atoms with Crippen molar-refractivity contribution in [2.24, 2.45) is 0 Å². The largest absolute Gasteiger partial charge is 0.465 e. The van der Waals surface area contributed by atoms with Gasteiger partial charge in [-0.2, -0.15) is 5.26 Å². The Morgan fingerprint density at radius 3 is 2.88 bits per heavy atom. The zero-order chi connectivity index (χ0) is 17.7. The second kappa shape index (κ2) is 8.22. The minimum absolute atomic E-state index is 0.143. The molecule has 1 aliphatic rings. The zero-order valence-corrected chi connectivity index (χ0v) is 14.9. The van der Waals surface area contributed by atoms with Gasteiger partial charge in [0.1, 0.15) is 5.25 Å². The van der Waals surface area contributed by atoms with Crippen LogP contribution >= 0.6 is 23.4 Å². The molecule has 0 aromatic heterocycles. The van der Waals surface area contributed by atoms with Gasteiger partial charge in [0.2, 0.25) is 5.91 Å². The second-order valence-corrected chi connectivity index (χ2v) is 6.95. The first-order valence-corrected chi connectivity index (χ1v) is 8.75. The summed E-state index contributed by atoms with van der Waals surface area (Å²) in [6.07, 6.45) is 0.143. The summed E-state index contributed by atoms with van der Waals surface area (Å²) in [7, 11) is 0. The predicted molar refractivity (Wildman–Crippen MR) is 93.3 cm³/mol. The highest BCUT2D eigenvalue weighted by atomic mass is 35.5. The number of hydrogen-bond donors (Lipinski definition) is 1. The van der Waals surface area contributed by atoms with Crippen LogP contribution in [0.4, 0.5) is 0 Å². The lowest BCUT2D eigenvalue weighted by molar-refractivity contribution is -0.142. The molecule has 0 aliphatic carbocycles. The van der Waals surface area contributed by atoms with Crippen molar-refractivity contribution >= 4 is 35.2 Å². The van der Waals surface area contributed by atoms with E-state index in [1.807, 2.05) is 6.07 Å². The molecule has 126 valence electrons. The summed E-state index contributed by atoms with van der Waals surface area (Å²) in [4.78, 5) is 23.9. The number of carbonyl (C=O) groups excluding carboxylic acids is 2. The average molecular weight is 365 g/mol. The van der Waals surface area contributed by atoms with E-state index in [0.29, 0.717) is 15.6 Å². The smallest absolute Gasteiger partial charge is 0.319 e. The maximum Gasteiger partial charge on any atom is 0.319 e. The molecular weight excluding hydrogens is 348 g/mol. The molecule has 1 aliphatic heterocycles. The number of halogens is 1. The zero-order valence-electron chi connectivity index (χ0n) is 13.3. The van der Waals surface area contributed by atoms with Crippen LogP contribution in [-0.4, -0.2) is 23.7 Å². The number of amides is 1. The van der Waals surface area contributed by atoms with Gasteiger partial charge in [-0.3, -0.25) is 9.59 Å². The fraction of sp³-hybridized carbons (Fsp3) is 0.353. The van der Waals surface area contributed by atoms with Crippen molar-refractivity contribution in [2.75, 3.05) is 6.61 Å². The third kappa shape index (κ3) is 4.11. The van der Waals surface area contributed by atoms with Gasteiger partial charge in [0.25, 0.3) is 0 Å². The van der Waals surface area contributed by atoms with Gasteiger partial charge in [-0.15, -0.1) is 0 Å². The Balaban J connectivity index is 2.37. The molecule has 7 heteroatoms. The number of ether oxygens (including phenoxy) is 1. The number of thioether (sulfide) groups is 1. The lowest BCUT2D eigenvalue weighted by Gasteiger charge is -2.26. The summed E-state index contributed by atoms with van der Waals surface area (Å²) in [5, 5.41) is 12.6. The molecule has 1 N–H and O–H groups in total. The summed E-state index contributed by atoms with van der Waals surface area (Å²) >= 11 is 7.34. The van der Waals surface area contributed by atoms with Crippen molar-refractivity contribution in [1.29, 1.82) is 5.26 Å². The van der Waals surface area contributed by atoms with Crippen molar-refractivity contribution in [1.82, 2.24) is 5.32 Å². The highest BCUT2D eigenvalue weighted by Crippen LogP contribution is 2.39. The SMILES string of the molecule is CCOC(=O)[C@H](C)SC1=C(C#N)[C@H](c2ccccc2Cl)CC(=O)N1. The molecule has 0 unspecified atom stereocenters. The first kappa shape index (κ1) is 18.4. The molecule has 0 fully saturated rings. The quantitative estimate of drug-likeness (QED) is 0.810. The molecule has 1 amide bonds. The van der Waals surface area contributed by atoms with E-state index >= 15 is 0 Å². The number of hydrogen-bond acceptors (Lipinski definition) is 5. The van der Waals surface area contributed by atoms with Gasteiger partial charge in [0.15, 0.2) is 0 Å². The number of nitrogens with zero attached hydrogens (tertiary/aromatic N) is 1. The van der Waals surface area contributed by atoms with Crippen molar-refractivity contribution < 1.29 is 14.3 Å². The van der Waals surface area contributed by atoms with Crippen molar-refractivity contribution in [3.8, 4) is 6.07 Å². The van der Waals surface area contributed by atoms with Gasteiger partial charge >= 0.3 is 5.97 Å². The van der Waals surface area contributed by atoms with Crippen LogP contribution < -0.4 is 5.32 Å². The molecular formula is C17H17ClN2O3S. The molecule has 1 aromatic rings. The molecule has 0 bridgehead atoms. The molecule has 0 radical (unpaired) electrons. The van der Waals surface area contributed by atoms with E-state index in [-0.39, 0.29) is 24.9 Å². The first-order valence-electron chi connectivity index (χ1n) is 7.49. The lowest BCUT2D eigenvalue weighted by Crippen LogP contribution is -2.32. The van der Waals surface area contributed by atoms with Crippen LogP contribution in [0.15, 0.2) is 34.9 Å². The summed E-state index contributed by atoms with van der Waals surface area (Å²) < 4.78 is 4.97.